The van der Waals surface area contributed by atoms with Crippen LogP contribution >= 0.6 is 11.6 Å². The molecule has 0 atom stereocenters. The highest BCUT2D eigenvalue weighted by Crippen LogP contribution is 2.20. The van der Waals surface area contributed by atoms with E-state index in [4.69, 9.17) is 11.6 Å². The Morgan fingerprint density at radius 3 is 2.48 bits per heavy atom. The zero-order chi connectivity index (χ0) is 22.4. The van der Waals surface area contributed by atoms with Crippen LogP contribution in [0.4, 0.5) is 5.69 Å². The van der Waals surface area contributed by atoms with E-state index in [0.717, 1.165) is 5.56 Å². The molecule has 1 amide bonds. The highest BCUT2D eigenvalue weighted by Gasteiger charge is 2.22. The molecular formula is C20H23ClN4O5S. The summed E-state index contributed by atoms with van der Waals surface area (Å²) >= 11 is 5.94. The van der Waals surface area contributed by atoms with Crippen LogP contribution in [-0.2, 0) is 21.4 Å². The molecule has 1 aliphatic heterocycles. The van der Waals surface area contributed by atoms with Gasteiger partial charge in [-0.15, -0.1) is 0 Å². The topological polar surface area (TPSA) is 113 Å². The van der Waals surface area contributed by atoms with Crippen molar-refractivity contribution in [3.05, 3.63) is 69.2 Å². The van der Waals surface area contributed by atoms with Crippen molar-refractivity contribution in [2.45, 2.75) is 17.9 Å². The average molecular weight is 467 g/mol. The summed E-state index contributed by atoms with van der Waals surface area (Å²) in [7, 11) is -3.78. The number of nitro groups is 1. The van der Waals surface area contributed by atoms with Crippen LogP contribution < -0.4 is 4.72 Å². The zero-order valence-corrected chi connectivity index (χ0v) is 18.3. The molecule has 1 aliphatic rings. The van der Waals surface area contributed by atoms with Crippen LogP contribution in [0.25, 0.3) is 0 Å². The fourth-order valence-electron chi connectivity index (χ4n) is 3.37. The molecular weight excluding hydrogens is 444 g/mol. The van der Waals surface area contributed by atoms with Crippen LogP contribution in [0, 0.1) is 10.1 Å². The Morgan fingerprint density at radius 1 is 1.10 bits per heavy atom. The number of amides is 1. The average Bonchev–Trinajstić information content (AvgIpc) is 2.74. The van der Waals surface area contributed by atoms with Gasteiger partial charge in [-0.05, 0) is 17.7 Å². The summed E-state index contributed by atoms with van der Waals surface area (Å²) in [6.45, 7) is 2.87. The molecule has 31 heavy (non-hydrogen) atoms. The molecule has 3 rings (SSSR count). The molecule has 11 heteroatoms. The van der Waals surface area contributed by atoms with Gasteiger partial charge in [0.1, 0.15) is 4.90 Å². The van der Waals surface area contributed by atoms with Crippen molar-refractivity contribution in [3.8, 4) is 0 Å². The minimum absolute atomic E-state index is 0.0136. The summed E-state index contributed by atoms with van der Waals surface area (Å²) in [5.41, 5.74) is 0.911. The molecule has 9 nitrogen and oxygen atoms in total. The number of benzene rings is 2. The Bertz CT molecular complexity index is 1060. The van der Waals surface area contributed by atoms with E-state index in [-0.39, 0.29) is 34.5 Å². The van der Waals surface area contributed by atoms with Crippen molar-refractivity contribution in [2.75, 3.05) is 32.7 Å². The molecule has 1 saturated heterocycles. The Hall–Kier alpha value is -2.53. The number of rotatable bonds is 8. The van der Waals surface area contributed by atoms with Crippen LogP contribution in [0.15, 0.2) is 53.4 Å². The van der Waals surface area contributed by atoms with Gasteiger partial charge in [-0.25, -0.2) is 13.1 Å². The summed E-state index contributed by atoms with van der Waals surface area (Å²) in [5, 5.41) is 11.0. The van der Waals surface area contributed by atoms with Gasteiger partial charge in [0.15, 0.2) is 0 Å². The Kier molecular flexibility index (Phi) is 7.60. The van der Waals surface area contributed by atoms with Crippen molar-refractivity contribution in [2.24, 2.45) is 0 Å². The second-order valence-corrected chi connectivity index (χ2v) is 9.30. The summed E-state index contributed by atoms with van der Waals surface area (Å²) in [6.07, 6.45) is 0.0502. The van der Waals surface area contributed by atoms with E-state index in [9.17, 15) is 23.3 Å². The van der Waals surface area contributed by atoms with Crippen LogP contribution in [0.3, 0.4) is 0 Å². The molecule has 2 aromatic carbocycles. The third-order valence-electron chi connectivity index (χ3n) is 5.01. The molecule has 1 heterocycles. The van der Waals surface area contributed by atoms with Crippen LogP contribution in [0.5, 0.6) is 0 Å². The highest BCUT2D eigenvalue weighted by molar-refractivity contribution is 7.89. The number of sulfonamides is 1. The summed E-state index contributed by atoms with van der Waals surface area (Å²) < 4.78 is 27.1. The molecule has 0 bridgehead atoms. The molecule has 166 valence electrons. The maximum atomic E-state index is 12.4. The first-order chi connectivity index (χ1) is 14.8. The molecule has 0 spiro atoms. The van der Waals surface area contributed by atoms with Gasteiger partial charge in [0.05, 0.1) is 9.95 Å². The van der Waals surface area contributed by atoms with E-state index in [1.165, 1.54) is 18.2 Å². The number of halogens is 1. The van der Waals surface area contributed by atoms with Crippen molar-refractivity contribution >= 4 is 33.2 Å². The van der Waals surface area contributed by atoms with E-state index in [1.807, 2.05) is 6.07 Å². The number of carbonyl (C=O) groups is 1. The standard InChI is InChI=1S/C20H23ClN4O5S/c21-18-6-1-2-7-19(18)31(29,30)22-9-8-20(26)24-12-10-23(11-13-24)15-16-4-3-5-17(14-16)25(27)28/h1-7,14,22H,8-13,15H2. The van der Waals surface area contributed by atoms with Gasteiger partial charge in [-0.3, -0.25) is 19.8 Å². The summed E-state index contributed by atoms with van der Waals surface area (Å²) in [4.78, 5) is 26.7. The van der Waals surface area contributed by atoms with Gasteiger partial charge < -0.3 is 4.90 Å². The number of carbonyl (C=O) groups excluding carboxylic acids is 1. The summed E-state index contributed by atoms with van der Waals surface area (Å²) in [5.74, 6) is -0.128. The van der Waals surface area contributed by atoms with Gasteiger partial charge in [0.25, 0.3) is 5.69 Å². The zero-order valence-electron chi connectivity index (χ0n) is 16.7. The lowest BCUT2D eigenvalue weighted by atomic mass is 10.1. The molecule has 0 radical (unpaired) electrons. The monoisotopic (exact) mass is 466 g/mol. The molecule has 1 fully saturated rings. The van der Waals surface area contributed by atoms with Gasteiger partial charge in [-0.2, -0.15) is 0 Å². The first-order valence-electron chi connectivity index (χ1n) is 9.74. The molecule has 0 aromatic heterocycles. The Morgan fingerprint density at radius 2 is 1.81 bits per heavy atom. The van der Waals surface area contributed by atoms with Gasteiger partial charge in [0, 0.05) is 57.8 Å². The summed E-state index contributed by atoms with van der Waals surface area (Å²) in [6, 6.07) is 12.7. The fourth-order valence-corrected chi connectivity index (χ4v) is 4.92. The van der Waals surface area contributed by atoms with Gasteiger partial charge >= 0.3 is 0 Å². The highest BCUT2D eigenvalue weighted by atomic mass is 35.5. The first-order valence-corrected chi connectivity index (χ1v) is 11.6. The number of hydrogen-bond acceptors (Lipinski definition) is 6. The van der Waals surface area contributed by atoms with Crippen molar-refractivity contribution in [1.82, 2.24) is 14.5 Å². The minimum Gasteiger partial charge on any atom is -0.340 e. The smallest absolute Gasteiger partial charge is 0.269 e. The van der Waals surface area contributed by atoms with Crippen molar-refractivity contribution in [1.29, 1.82) is 0 Å². The predicted octanol–water partition coefficient (Wildman–Crippen LogP) is 2.26. The van der Waals surface area contributed by atoms with Gasteiger partial charge in [0.2, 0.25) is 15.9 Å². The normalized spacial score (nSPS) is 15.1. The maximum Gasteiger partial charge on any atom is 0.269 e. The number of non-ortho nitro benzene ring substituents is 1. The number of hydrogen-bond donors (Lipinski definition) is 1. The predicted molar refractivity (Wildman–Crippen MR) is 116 cm³/mol. The van der Waals surface area contributed by atoms with Crippen LogP contribution in [-0.4, -0.2) is 61.8 Å². The molecule has 0 aliphatic carbocycles. The Labute approximate surface area is 185 Å². The molecule has 0 saturated carbocycles. The second-order valence-electron chi connectivity index (χ2n) is 7.16. The van der Waals surface area contributed by atoms with Crippen molar-refractivity contribution < 1.29 is 18.1 Å². The van der Waals surface area contributed by atoms with Gasteiger partial charge in [-0.1, -0.05) is 35.9 Å². The fraction of sp³-hybridized carbons (Fsp3) is 0.350. The lowest BCUT2D eigenvalue weighted by Crippen LogP contribution is -2.48. The van der Waals surface area contributed by atoms with E-state index in [2.05, 4.69) is 9.62 Å². The van der Waals surface area contributed by atoms with Crippen LogP contribution in [0.2, 0.25) is 5.02 Å². The molecule has 2 aromatic rings. The number of nitro benzene ring substituents is 1. The third kappa shape index (κ3) is 6.23. The quantitative estimate of drug-likeness (QED) is 0.471. The van der Waals surface area contributed by atoms with Crippen molar-refractivity contribution in [3.63, 3.8) is 0 Å². The lowest BCUT2D eigenvalue weighted by molar-refractivity contribution is -0.384. The second kappa shape index (κ2) is 10.2. The lowest BCUT2D eigenvalue weighted by Gasteiger charge is -2.34. The molecule has 1 N–H and O–H groups in total. The minimum atomic E-state index is -3.78. The van der Waals surface area contributed by atoms with E-state index in [1.54, 1.807) is 29.2 Å². The Balaban J connectivity index is 1.45. The van der Waals surface area contributed by atoms with E-state index in [0.29, 0.717) is 32.7 Å². The largest absolute Gasteiger partial charge is 0.340 e. The third-order valence-corrected chi connectivity index (χ3v) is 6.97. The van der Waals surface area contributed by atoms with E-state index < -0.39 is 14.9 Å². The maximum absolute atomic E-state index is 12.4. The number of nitrogens with one attached hydrogen (secondary N) is 1. The molecule has 0 unspecified atom stereocenters. The first kappa shape index (κ1) is 23.1. The number of nitrogens with zero attached hydrogens (tertiary/aromatic N) is 3. The van der Waals surface area contributed by atoms with Crippen LogP contribution in [0.1, 0.15) is 12.0 Å². The van der Waals surface area contributed by atoms with E-state index >= 15 is 0 Å². The SMILES string of the molecule is O=C(CCNS(=O)(=O)c1ccccc1Cl)N1CCN(Cc2cccc([N+](=O)[O-])c2)CC1. The number of piperazine rings is 1.